The van der Waals surface area contributed by atoms with Gasteiger partial charge in [-0.25, -0.2) is 4.39 Å². The second kappa shape index (κ2) is 9.94. The van der Waals surface area contributed by atoms with Crippen LogP contribution in [0, 0.1) is 5.82 Å². The van der Waals surface area contributed by atoms with E-state index in [-0.39, 0.29) is 17.4 Å². The molecule has 4 nitrogen and oxygen atoms in total. The molecule has 0 aromatic heterocycles. The van der Waals surface area contributed by atoms with Crippen LogP contribution in [0.3, 0.4) is 0 Å². The molecule has 0 saturated carbocycles. The van der Waals surface area contributed by atoms with Crippen LogP contribution in [0.4, 0.5) is 10.1 Å². The smallest absolute Gasteiger partial charge is 0.254 e. The molecule has 1 aliphatic heterocycles. The van der Waals surface area contributed by atoms with Crippen molar-refractivity contribution in [1.29, 1.82) is 0 Å². The number of para-hydroxylation sites is 1. The van der Waals surface area contributed by atoms with Crippen LogP contribution in [-0.2, 0) is 16.0 Å². The highest BCUT2D eigenvalue weighted by molar-refractivity contribution is 6.10. The molecule has 1 amide bonds. The Hall–Kier alpha value is -3.99. The largest absolute Gasteiger partial charge is 0.362 e. The number of nitrogens with one attached hydrogen (secondary N) is 2. The van der Waals surface area contributed by atoms with Crippen LogP contribution in [0.25, 0.3) is 0 Å². The lowest BCUT2D eigenvalue weighted by Gasteiger charge is -2.37. The molecule has 3 aromatic rings. The van der Waals surface area contributed by atoms with Gasteiger partial charge in [-0.2, -0.15) is 0 Å². The van der Waals surface area contributed by atoms with Crippen LogP contribution in [0.2, 0.25) is 0 Å². The molecule has 2 atom stereocenters. The average molecular weight is 481 g/mol. The zero-order valence-electron chi connectivity index (χ0n) is 20.5. The molecule has 2 N–H and O–H groups in total. The molecule has 1 aliphatic carbocycles. The molecule has 0 radical (unpaired) electrons. The zero-order valence-corrected chi connectivity index (χ0v) is 20.5. The highest BCUT2D eigenvalue weighted by atomic mass is 19.1. The summed E-state index contributed by atoms with van der Waals surface area (Å²) in [5.41, 5.74) is 5.92. The molecule has 3 aromatic carbocycles. The molecule has 0 fully saturated rings. The Labute approximate surface area is 210 Å². The van der Waals surface area contributed by atoms with Crippen molar-refractivity contribution in [3.63, 3.8) is 0 Å². The molecule has 0 saturated heterocycles. The van der Waals surface area contributed by atoms with Crippen LogP contribution < -0.4 is 10.6 Å². The summed E-state index contributed by atoms with van der Waals surface area (Å²) in [7, 11) is 0. The first-order valence-corrected chi connectivity index (χ1v) is 12.4. The quantitative estimate of drug-likeness (QED) is 0.445. The maximum atomic E-state index is 14.3. The summed E-state index contributed by atoms with van der Waals surface area (Å²) in [6.45, 7) is 3.94. The molecule has 1 heterocycles. The van der Waals surface area contributed by atoms with Crippen molar-refractivity contribution >= 4 is 17.4 Å². The third kappa shape index (κ3) is 4.49. The minimum absolute atomic E-state index is 0.0332. The van der Waals surface area contributed by atoms with Crippen molar-refractivity contribution in [1.82, 2.24) is 5.32 Å². The summed E-state index contributed by atoms with van der Waals surface area (Å²) in [6, 6.07) is 24.3. The van der Waals surface area contributed by atoms with E-state index >= 15 is 0 Å². The number of dihydropyridines is 1. The molecule has 5 rings (SSSR count). The summed E-state index contributed by atoms with van der Waals surface area (Å²) in [6.07, 6.45) is 1.97. The molecule has 0 spiro atoms. The number of Topliss-reactive ketones (excluding diaryl/α,β-unsaturated/α-hetero) is 1. The molecule has 0 unspecified atom stereocenters. The second-order valence-electron chi connectivity index (χ2n) is 9.46. The van der Waals surface area contributed by atoms with Gasteiger partial charge in [0.1, 0.15) is 5.82 Å². The predicted octanol–water partition coefficient (Wildman–Crippen LogP) is 6.39. The van der Waals surface area contributed by atoms with Gasteiger partial charge in [0.2, 0.25) is 0 Å². The van der Waals surface area contributed by atoms with E-state index in [1.165, 1.54) is 17.7 Å². The van der Waals surface area contributed by atoms with Gasteiger partial charge in [0.05, 0.1) is 5.69 Å². The van der Waals surface area contributed by atoms with E-state index in [0.29, 0.717) is 29.7 Å². The van der Waals surface area contributed by atoms with Crippen LogP contribution in [-0.4, -0.2) is 11.7 Å². The van der Waals surface area contributed by atoms with Crippen LogP contribution in [0.1, 0.15) is 55.2 Å². The Bertz CT molecular complexity index is 1370. The van der Waals surface area contributed by atoms with Gasteiger partial charge in [-0.1, -0.05) is 73.7 Å². The van der Waals surface area contributed by atoms with Gasteiger partial charge in [0.25, 0.3) is 5.91 Å². The number of amides is 1. The monoisotopic (exact) mass is 480 g/mol. The highest BCUT2D eigenvalue weighted by Crippen LogP contribution is 2.45. The number of ketones is 1. The van der Waals surface area contributed by atoms with Crippen molar-refractivity contribution in [3.05, 3.63) is 124 Å². The molecule has 0 bridgehead atoms. The fourth-order valence-corrected chi connectivity index (χ4v) is 5.33. The fourth-order valence-electron chi connectivity index (χ4n) is 5.33. The van der Waals surface area contributed by atoms with Crippen molar-refractivity contribution < 1.29 is 14.0 Å². The lowest BCUT2D eigenvalue weighted by Crippen LogP contribution is -2.37. The Morgan fingerprint density at radius 2 is 1.64 bits per heavy atom. The van der Waals surface area contributed by atoms with E-state index in [9.17, 15) is 14.0 Å². The number of hydrogen-bond acceptors (Lipinski definition) is 3. The lowest BCUT2D eigenvalue weighted by atomic mass is 9.71. The van der Waals surface area contributed by atoms with Gasteiger partial charge in [0.15, 0.2) is 5.78 Å². The van der Waals surface area contributed by atoms with Crippen molar-refractivity contribution in [2.24, 2.45) is 0 Å². The van der Waals surface area contributed by atoms with Crippen LogP contribution in [0.5, 0.6) is 0 Å². The highest BCUT2D eigenvalue weighted by Gasteiger charge is 2.41. The molecular weight excluding hydrogens is 451 g/mol. The van der Waals surface area contributed by atoms with Gasteiger partial charge in [0, 0.05) is 34.9 Å². The number of halogens is 1. The van der Waals surface area contributed by atoms with Gasteiger partial charge in [-0.3, -0.25) is 9.59 Å². The van der Waals surface area contributed by atoms with Crippen molar-refractivity contribution in [2.75, 3.05) is 5.32 Å². The van der Waals surface area contributed by atoms with E-state index in [2.05, 4.69) is 29.7 Å². The Balaban J connectivity index is 1.57. The number of aryl methyl sites for hydroxylation is 1. The summed E-state index contributed by atoms with van der Waals surface area (Å²) in [5, 5.41) is 6.12. The third-order valence-electron chi connectivity index (χ3n) is 7.19. The van der Waals surface area contributed by atoms with Crippen LogP contribution >= 0.6 is 0 Å². The summed E-state index contributed by atoms with van der Waals surface area (Å²) in [5.74, 6) is -1.33. The number of hydrogen-bond donors (Lipinski definition) is 2. The van der Waals surface area contributed by atoms with E-state index in [1.807, 2.05) is 49.4 Å². The predicted molar refractivity (Wildman–Crippen MR) is 140 cm³/mol. The van der Waals surface area contributed by atoms with E-state index < -0.39 is 17.6 Å². The Kier molecular flexibility index (Phi) is 6.55. The standard InChI is InChI=1S/C31H29FN2O2/c1-3-20-13-15-22(16-14-20)29-28(31(36)34-25-12-8-7-11-24(25)32)19(2)33-26-17-23(18-27(35)30(26)29)21-9-5-4-6-10-21/h4-16,23,29,33H,3,17-18H2,1-2H3,(H,34,36)/t23-,29+/m0/s1. The van der Waals surface area contributed by atoms with Gasteiger partial charge >= 0.3 is 0 Å². The normalized spacial score (nSPS) is 19.6. The van der Waals surface area contributed by atoms with E-state index in [1.54, 1.807) is 12.1 Å². The fraction of sp³-hybridized carbons (Fsp3) is 0.226. The number of anilines is 1. The van der Waals surface area contributed by atoms with Crippen LogP contribution in [0.15, 0.2) is 101 Å². The maximum Gasteiger partial charge on any atom is 0.254 e. The minimum Gasteiger partial charge on any atom is -0.362 e. The molecule has 5 heteroatoms. The average Bonchev–Trinajstić information content (AvgIpc) is 2.89. The van der Waals surface area contributed by atoms with E-state index in [4.69, 9.17) is 0 Å². The molecule has 2 aliphatic rings. The zero-order chi connectivity index (χ0) is 25.2. The van der Waals surface area contributed by atoms with E-state index in [0.717, 1.165) is 23.2 Å². The van der Waals surface area contributed by atoms with Crippen molar-refractivity contribution in [3.8, 4) is 0 Å². The molecule has 36 heavy (non-hydrogen) atoms. The Morgan fingerprint density at radius 3 is 2.33 bits per heavy atom. The number of carbonyl (C=O) groups is 2. The topological polar surface area (TPSA) is 58.2 Å². The van der Waals surface area contributed by atoms with Gasteiger partial charge in [-0.05, 0) is 54.5 Å². The molecule has 182 valence electrons. The first kappa shape index (κ1) is 23.7. The third-order valence-corrected chi connectivity index (χ3v) is 7.19. The Morgan fingerprint density at radius 1 is 0.944 bits per heavy atom. The van der Waals surface area contributed by atoms with Crippen molar-refractivity contribution in [2.45, 2.75) is 44.9 Å². The summed E-state index contributed by atoms with van der Waals surface area (Å²) >= 11 is 0. The first-order chi connectivity index (χ1) is 17.5. The SMILES string of the molecule is CCc1ccc([C@@H]2C(C(=O)Nc3ccccc3F)=C(C)NC3=C2C(=O)C[C@@H](c2ccccc2)C3)cc1. The number of carbonyl (C=O) groups excluding carboxylic acids is 2. The lowest BCUT2D eigenvalue weighted by molar-refractivity contribution is -0.116. The second-order valence-corrected chi connectivity index (χ2v) is 9.46. The maximum absolute atomic E-state index is 14.3. The van der Waals surface area contributed by atoms with Gasteiger partial charge in [-0.15, -0.1) is 0 Å². The number of benzene rings is 3. The van der Waals surface area contributed by atoms with Gasteiger partial charge < -0.3 is 10.6 Å². The number of allylic oxidation sites excluding steroid dienone is 3. The summed E-state index contributed by atoms with van der Waals surface area (Å²) < 4.78 is 14.3. The minimum atomic E-state index is -0.525. The molecular formula is C31H29FN2O2. The first-order valence-electron chi connectivity index (χ1n) is 12.4. The summed E-state index contributed by atoms with van der Waals surface area (Å²) in [4.78, 5) is 27.3. The number of rotatable bonds is 5.